The molecular weight excluding hydrogens is 769 g/mol. The van der Waals surface area contributed by atoms with E-state index in [4.69, 9.17) is 23.7 Å². The Labute approximate surface area is 336 Å². The third-order valence-corrected chi connectivity index (χ3v) is 10.7. The second-order valence-corrected chi connectivity index (χ2v) is 14.1. The number of hydrogen-bond donors (Lipinski definition) is 2. The number of ether oxygens (including phenoxy) is 5. The molecule has 3 atom stereocenters. The van der Waals surface area contributed by atoms with Gasteiger partial charge in [-0.05, 0) is 62.5 Å². The molecule has 1 fully saturated rings. The molecular formula is C41H38N6O10S. The Balaban J connectivity index is 1.18. The Kier molecular flexibility index (Phi) is 11.8. The van der Waals surface area contributed by atoms with Gasteiger partial charge in [-0.1, -0.05) is 96.7 Å². The van der Waals surface area contributed by atoms with E-state index in [-0.39, 0.29) is 36.0 Å². The Morgan fingerprint density at radius 1 is 0.931 bits per heavy atom. The zero-order valence-corrected chi connectivity index (χ0v) is 32.3. The Hall–Kier alpha value is -6.56. The SMILES string of the molecule is COc1ccc(COC(=O)[C@H](C(=O)N[C@]2(OC)C(=O)N3C(C(=O)OC(c4ccccc4)c4ccccc4)=C(CSc4nnnn4C)CO[C@H]32)c2ccc(O)cc2)cc1. The molecule has 2 amide bonds. The molecule has 5 aromatic rings. The van der Waals surface area contributed by atoms with Crippen LogP contribution in [0.15, 0.2) is 126 Å². The summed E-state index contributed by atoms with van der Waals surface area (Å²) in [4.78, 5) is 58.0. The molecule has 298 valence electrons. The fourth-order valence-corrected chi connectivity index (χ4v) is 7.40. The number of tetrazole rings is 1. The third kappa shape index (κ3) is 8.00. The van der Waals surface area contributed by atoms with E-state index >= 15 is 0 Å². The number of phenols is 1. The van der Waals surface area contributed by atoms with Crippen molar-refractivity contribution in [3.8, 4) is 11.5 Å². The lowest BCUT2D eigenvalue weighted by Crippen LogP contribution is -2.83. The number of aromatic nitrogens is 4. The van der Waals surface area contributed by atoms with Gasteiger partial charge in [0.2, 0.25) is 11.1 Å². The lowest BCUT2D eigenvalue weighted by Gasteiger charge is -2.55. The Bertz CT molecular complexity index is 2270. The number of thioether (sulfide) groups is 1. The average Bonchev–Trinajstić information content (AvgIpc) is 3.68. The molecule has 0 saturated carbocycles. The summed E-state index contributed by atoms with van der Waals surface area (Å²) in [5.41, 5.74) is 0.312. The molecule has 4 aromatic carbocycles. The lowest BCUT2D eigenvalue weighted by atomic mass is 9.92. The Morgan fingerprint density at radius 3 is 2.17 bits per heavy atom. The topological polar surface area (TPSA) is 194 Å². The zero-order chi connectivity index (χ0) is 40.8. The van der Waals surface area contributed by atoms with Crippen molar-refractivity contribution in [2.75, 3.05) is 26.6 Å². The number of nitrogens with zero attached hydrogens (tertiary/aromatic N) is 5. The second kappa shape index (κ2) is 17.3. The molecule has 0 bridgehead atoms. The number of methoxy groups -OCH3 is 2. The van der Waals surface area contributed by atoms with E-state index in [1.54, 1.807) is 31.3 Å². The molecule has 2 aliphatic rings. The van der Waals surface area contributed by atoms with Crippen LogP contribution in [0.4, 0.5) is 0 Å². The van der Waals surface area contributed by atoms with Gasteiger partial charge in [-0.3, -0.25) is 19.3 Å². The van der Waals surface area contributed by atoms with E-state index in [9.17, 15) is 24.3 Å². The van der Waals surface area contributed by atoms with E-state index in [1.165, 1.54) is 54.9 Å². The van der Waals surface area contributed by atoms with Gasteiger partial charge in [0.05, 0.1) is 13.7 Å². The molecule has 58 heavy (non-hydrogen) atoms. The fraction of sp³-hybridized carbons (Fsp3) is 0.244. The van der Waals surface area contributed by atoms with Crippen LogP contribution in [0.2, 0.25) is 0 Å². The van der Waals surface area contributed by atoms with Gasteiger partial charge in [-0.25, -0.2) is 9.48 Å². The van der Waals surface area contributed by atoms with Crippen LogP contribution in [0.25, 0.3) is 0 Å². The number of β-lactam (4-membered cyclic amide) rings is 1. The normalized spacial score (nSPS) is 17.9. The van der Waals surface area contributed by atoms with Crippen molar-refractivity contribution in [3.05, 3.63) is 143 Å². The molecule has 16 nitrogen and oxygen atoms in total. The maximum Gasteiger partial charge on any atom is 0.356 e. The summed E-state index contributed by atoms with van der Waals surface area (Å²) in [6, 6.07) is 30.6. The zero-order valence-electron chi connectivity index (χ0n) is 31.5. The van der Waals surface area contributed by atoms with Gasteiger partial charge < -0.3 is 34.1 Å². The highest BCUT2D eigenvalue weighted by Gasteiger charge is 2.68. The van der Waals surface area contributed by atoms with E-state index in [0.717, 1.165) is 4.90 Å². The number of amides is 2. The number of aromatic hydroxyl groups is 1. The maximum atomic E-state index is 14.5. The van der Waals surface area contributed by atoms with Crippen LogP contribution >= 0.6 is 11.8 Å². The summed E-state index contributed by atoms with van der Waals surface area (Å²) in [5, 5.41) is 24.5. The lowest BCUT2D eigenvalue weighted by molar-refractivity contribution is -0.258. The molecule has 2 N–H and O–H groups in total. The minimum atomic E-state index is -2.17. The van der Waals surface area contributed by atoms with Gasteiger partial charge in [0, 0.05) is 19.9 Å². The van der Waals surface area contributed by atoms with E-state index in [1.807, 2.05) is 60.7 Å². The van der Waals surface area contributed by atoms with Crippen LogP contribution in [0, 0.1) is 0 Å². The number of rotatable bonds is 15. The summed E-state index contributed by atoms with van der Waals surface area (Å²) in [7, 11) is 4.39. The molecule has 17 heteroatoms. The predicted molar refractivity (Wildman–Crippen MR) is 205 cm³/mol. The summed E-state index contributed by atoms with van der Waals surface area (Å²) < 4.78 is 30.4. The van der Waals surface area contributed by atoms with E-state index in [0.29, 0.717) is 33.2 Å². The number of nitrogens with one attached hydrogen (secondary N) is 1. The summed E-state index contributed by atoms with van der Waals surface area (Å²) in [6.45, 7) is -0.349. The molecule has 3 heterocycles. The fourth-order valence-electron chi connectivity index (χ4n) is 6.56. The summed E-state index contributed by atoms with van der Waals surface area (Å²) in [5.74, 6) is -4.54. The number of esters is 2. The number of benzene rings is 4. The highest BCUT2D eigenvalue weighted by Crippen LogP contribution is 2.43. The number of carbonyl (C=O) groups is 4. The van der Waals surface area contributed by atoms with E-state index < -0.39 is 47.7 Å². The van der Waals surface area contributed by atoms with Crippen LogP contribution in [0.3, 0.4) is 0 Å². The molecule has 2 aliphatic heterocycles. The van der Waals surface area contributed by atoms with Crippen molar-refractivity contribution < 1.29 is 48.0 Å². The predicted octanol–water partition coefficient (Wildman–Crippen LogP) is 3.79. The second-order valence-electron chi connectivity index (χ2n) is 13.2. The van der Waals surface area contributed by atoms with Gasteiger partial charge in [0.15, 0.2) is 18.2 Å². The number of hydrogen-bond acceptors (Lipinski definition) is 14. The Morgan fingerprint density at radius 2 is 1.59 bits per heavy atom. The monoisotopic (exact) mass is 806 g/mol. The molecule has 1 saturated heterocycles. The summed E-state index contributed by atoms with van der Waals surface area (Å²) in [6.07, 6.45) is -2.21. The highest BCUT2D eigenvalue weighted by atomic mass is 32.2. The van der Waals surface area contributed by atoms with Gasteiger partial charge in [-0.2, -0.15) is 0 Å². The van der Waals surface area contributed by atoms with Gasteiger partial charge >= 0.3 is 11.9 Å². The first-order valence-electron chi connectivity index (χ1n) is 17.9. The van der Waals surface area contributed by atoms with Gasteiger partial charge in [0.25, 0.3) is 11.6 Å². The summed E-state index contributed by atoms with van der Waals surface area (Å²) >= 11 is 1.22. The third-order valence-electron chi connectivity index (χ3n) is 9.59. The minimum absolute atomic E-state index is 0.0966. The maximum absolute atomic E-state index is 14.5. The quantitative estimate of drug-likeness (QED) is 0.0510. The first kappa shape index (κ1) is 39.7. The standard InChI is InChI=1S/C41H38N6O10S/c1-46-40(43-44-45-46)58-24-29-23-56-39-41(54-3,38(52)47(39)33(29)37(51)57-34(27-10-6-4-7-11-27)28-12-8-5-9-13-28)42-35(49)32(26-16-18-30(48)19-17-26)36(50)55-22-25-14-20-31(53-2)21-15-25/h4-21,32,34,39,48H,22-24H2,1-3H3,(H,42,49)/t32-,39-,41-/m0/s1. The number of phenolic OH excluding ortho intramolecular Hbond substituents is 1. The largest absolute Gasteiger partial charge is 0.508 e. The number of carbonyl (C=O) groups excluding carboxylic acids is 4. The van der Waals surface area contributed by atoms with Gasteiger partial charge in [0.1, 0.15) is 23.8 Å². The van der Waals surface area contributed by atoms with Crippen LogP contribution in [-0.2, 0) is 51.8 Å². The highest BCUT2D eigenvalue weighted by molar-refractivity contribution is 7.99. The van der Waals surface area contributed by atoms with E-state index in [2.05, 4.69) is 20.8 Å². The number of fused-ring (bicyclic) bond motifs is 1. The van der Waals surface area contributed by atoms with Gasteiger partial charge in [-0.15, -0.1) is 5.10 Å². The molecule has 0 aliphatic carbocycles. The van der Waals surface area contributed by atoms with Crippen molar-refractivity contribution in [2.24, 2.45) is 7.05 Å². The van der Waals surface area contributed by atoms with Crippen molar-refractivity contribution in [2.45, 2.75) is 35.7 Å². The van der Waals surface area contributed by atoms with Crippen LogP contribution < -0.4 is 10.1 Å². The van der Waals surface area contributed by atoms with Crippen LogP contribution in [0.1, 0.15) is 34.3 Å². The average molecular weight is 807 g/mol. The smallest absolute Gasteiger partial charge is 0.356 e. The molecule has 0 radical (unpaired) electrons. The molecule has 1 aromatic heterocycles. The molecule has 0 spiro atoms. The van der Waals surface area contributed by atoms with Crippen molar-refractivity contribution >= 4 is 35.5 Å². The van der Waals surface area contributed by atoms with Crippen molar-refractivity contribution in [3.63, 3.8) is 0 Å². The first-order chi connectivity index (χ1) is 28.1. The minimum Gasteiger partial charge on any atom is -0.508 e. The number of aryl methyl sites for hydroxylation is 1. The first-order valence-corrected chi connectivity index (χ1v) is 18.9. The van der Waals surface area contributed by atoms with Crippen LogP contribution in [-0.4, -0.2) is 92.5 Å². The molecule has 7 rings (SSSR count). The van der Waals surface area contributed by atoms with Crippen molar-refractivity contribution in [1.29, 1.82) is 0 Å². The molecule has 0 unspecified atom stereocenters. The van der Waals surface area contributed by atoms with Crippen molar-refractivity contribution in [1.82, 2.24) is 30.4 Å². The van der Waals surface area contributed by atoms with Crippen LogP contribution in [0.5, 0.6) is 11.5 Å².